The molecule has 0 N–H and O–H groups in total. The molecule has 0 saturated carbocycles. The summed E-state index contributed by atoms with van der Waals surface area (Å²) in [4.78, 5) is 0. The van der Waals surface area contributed by atoms with E-state index in [0.717, 1.165) is 100 Å². The van der Waals surface area contributed by atoms with Crippen LogP contribution >= 0.6 is 0 Å². The van der Waals surface area contributed by atoms with Gasteiger partial charge in [0, 0.05) is 21.5 Å². The summed E-state index contributed by atoms with van der Waals surface area (Å²) in [5, 5.41) is 2.88. The van der Waals surface area contributed by atoms with Gasteiger partial charge in [-0.05, 0) is 126 Å². The van der Waals surface area contributed by atoms with E-state index in [-0.39, 0.29) is 16.9 Å². The van der Waals surface area contributed by atoms with Crippen LogP contribution in [0.3, 0.4) is 0 Å². The maximum atomic E-state index is 17.2. The Hall–Kier alpha value is -8.55. The predicted molar refractivity (Wildman–Crippen MR) is 286 cm³/mol. The molecule has 0 radical (unpaired) electrons. The Labute approximate surface area is 413 Å². The molecule has 72 heavy (non-hydrogen) atoms. The Morgan fingerprint density at radius 2 is 0.583 bits per heavy atom. The molecule has 350 valence electrons. The molecule has 0 atom stereocenters. The highest BCUT2D eigenvalue weighted by Crippen LogP contribution is 2.48. The lowest BCUT2D eigenvalue weighted by Crippen LogP contribution is -2.16. The van der Waals surface area contributed by atoms with E-state index in [1.165, 1.54) is 18.2 Å². The van der Waals surface area contributed by atoms with Gasteiger partial charge < -0.3 is 9.13 Å². The van der Waals surface area contributed by atoms with Crippen LogP contribution in [0.2, 0.25) is 0 Å². The molecule has 0 aliphatic heterocycles. The average Bonchev–Trinajstić information content (AvgIpc) is 3.87. The largest absolute Gasteiger partial charge is 0.420 e. The first-order valence-electron chi connectivity index (χ1n) is 23.9. The highest BCUT2D eigenvalue weighted by molar-refractivity contribution is 6.13. The van der Waals surface area contributed by atoms with Gasteiger partial charge in [0.1, 0.15) is 17.2 Å². The van der Waals surface area contributed by atoms with E-state index in [9.17, 15) is 0 Å². The minimum Gasteiger partial charge on any atom is -0.308 e. The number of benzene rings is 10. The van der Waals surface area contributed by atoms with Gasteiger partial charge in [-0.3, -0.25) is 0 Å². The summed E-state index contributed by atoms with van der Waals surface area (Å²) in [6.45, 7) is 7.99. The highest BCUT2D eigenvalue weighted by atomic mass is 19.4. The maximum absolute atomic E-state index is 17.2. The molecular weight excluding hydrogens is 904 g/mol. The summed E-state index contributed by atoms with van der Waals surface area (Å²) in [5.74, 6) is -1.80. The minimum absolute atomic E-state index is 0.0528. The lowest BCUT2D eigenvalue weighted by Gasteiger charge is -2.23. The summed E-state index contributed by atoms with van der Waals surface area (Å²) in [6, 6.07) is 61.6. The molecule has 0 spiro atoms. The summed E-state index contributed by atoms with van der Waals surface area (Å²) in [7, 11) is 0. The predicted octanol–water partition coefficient (Wildman–Crippen LogP) is 18.7. The molecule has 12 rings (SSSR count). The van der Waals surface area contributed by atoms with Gasteiger partial charge in [0.25, 0.3) is 0 Å². The van der Waals surface area contributed by atoms with Crippen LogP contribution in [0.5, 0.6) is 0 Å². The van der Waals surface area contributed by atoms with Crippen LogP contribution in [0.15, 0.2) is 200 Å². The van der Waals surface area contributed by atoms with Gasteiger partial charge in [-0.25, -0.2) is 8.78 Å². The molecule has 2 aromatic heterocycles. The second kappa shape index (κ2) is 17.1. The number of halogens is 5. The number of hydrogen-bond acceptors (Lipinski definition) is 0. The van der Waals surface area contributed by atoms with Crippen LogP contribution in [0.1, 0.15) is 27.8 Å². The molecule has 2 nitrogen and oxygen atoms in total. The highest BCUT2D eigenvalue weighted by Gasteiger charge is 2.40. The zero-order valence-corrected chi connectivity index (χ0v) is 39.8. The summed E-state index contributed by atoms with van der Waals surface area (Å²) >= 11 is 0. The number of alkyl halides is 3. The van der Waals surface area contributed by atoms with Gasteiger partial charge in [-0.2, -0.15) is 13.2 Å². The summed E-state index contributed by atoms with van der Waals surface area (Å²) in [5.41, 5.74) is 10.9. The van der Waals surface area contributed by atoms with E-state index in [1.807, 2.05) is 198 Å². The van der Waals surface area contributed by atoms with Crippen molar-refractivity contribution in [3.63, 3.8) is 0 Å². The molecule has 0 saturated heterocycles. The number of aryl methyl sites for hydroxylation is 4. The lowest BCUT2D eigenvalue weighted by molar-refractivity contribution is -0.137. The Balaban J connectivity index is 1.27. The molecular formula is C65H45F5N2. The lowest BCUT2D eigenvalue weighted by atomic mass is 9.97. The number of aromatic nitrogens is 2. The second-order valence-electron chi connectivity index (χ2n) is 19.1. The Bertz CT molecular complexity index is 3710. The molecule has 2 heterocycles. The zero-order valence-electron chi connectivity index (χ0n) is 39.8. The van der Waals surface area contributed by atoms with Gasteiger partial charge in [0.2, 0.25) is 0 Å². The fourth-order valence-corrected chi connectivity index (χ4v) is 10.7. The van der Waals surface area contributed by atoms with E-state index >= 15 is 22.0 Å². The molecule has 0 amide bonds. The van der Waals surface area contributed by atoms with Crippen LogP contribution in [0.4, 0.5) is 22.0 Å². The normalized spacial score (nSPS) is 12.0. The fourth-order valence-electron chi connectivity index (χ4n) is 10.7. The molecule has 7 heteroatoms. The monoisotopic (exact) mass is 948 g/mol. The first-order valence-corrected chi connectivity index (χ1v) is 23.9. The van der Waals surface area contributed by atoms with Gasteiger partial charge in [0.15, 0.2) is 0 Å². The van der Waals surface area contributed by atoms with Crippen molar-refractivity contribution in [1.82, 2.24) is 9.13 Å². The Morgan fingerprint density at radius 1 is 0.306 bits per heavy atom. The molecule has 0 aliphatic rings. The first-order chi connectivity index (χ1) is 34.8. The van der Waals surface area contributed by atoms with E-state index in [4.69, 9.17) is 0 Å². The Morgan fingerprint density at radius 3 is 0.861 bits per heavy atom. The van der Waals surface area contributed by atoms with Crippen molar-refractivity contribution >= 4 is 43.6 Å². The van der Waals surface area contributed by atoms with Crippen LogP contribution in [0, 0.1) is 39.3 Å². The van der Waals surface area contributed by atoms with E-state index in [2.05, 4.69) is 0 Å². The minimum atomic E-state index is -5.02. The number of hydrogen-bond donors (Lipinski definition) is 0. The molecule has 0 bridgehead atoms. The fraction of sp³-hybridized carbons (Fsp3) is 0.0769. The van der Waals surface area contributed by atoms with Gasteiger partial charge in [-0.15, -0.1) is 0 Å². The van der Waals surface area contributed by atoms with Crippen LogP contribution in [-0.2, 0) is 6.18 Å². The van der Waals surface area contributed by atoms with Crippen LogP contribution in [-0.4, -0.2) is 9.13 Å². The molecule has 0 unspecified atom stereocenters. The number of nitrogens with zero attached hydrogens (tertiary/aromatic N) is 2. The van der Waals surface area contributed by atoms with Crippen LogP contribution < -0.4 is 0 Å². The topological polar surface area (TPSA) is 9.86 Å². The van der Waals surface area contributed by atoms with Crippen molar-refractivity contribution in [1.29, 1.82) is 0 Å². The van der Waals surface area contributed by atoms with Crippen molar-refractivity contribution in [3.05, 3.63) is 240 Å². The maximum Gasteiger partial charge on any atom is 0.420 e. The Kier molecular flexibility index (Phi) is 10.6. The molecule has 0 fully saturated rings. The quantitative estimate of drug-likeness (QED) is 0.141. The third kappa shape index (κ3) is 7.64. The zero-order chi connectivity index (χ0) is 49.6. The third-order valence-corrected chi connectivity index (χ3v) is 14.1. The number of rotatable bonds is 7. The SMILES string of the molecule is Cc1cccc(-c2ccc3c4ccc(-c5cccc(C)c5)cc4n(-c4cc(-c5c(F)cccc5F)cc(-n5c6cc(-c7cccc(C)c7)ccc6c6ccc(-c7cccc(C)c7)cc65)c4C(F)(F)F)c3c2)c1. The standard InChI is InChI=1S/C65H45F5N2/c1-38-10-5-14-42(28-38)46-20-24-51-52-25-21-47(43-15-6-11-39(2)29-43)33-58(52)71(57(51)32-46)61-36-50(63-55(66)18-9-19-56(63)67)37-62(64(61)65(68,69)70)72-59-34-48(44-16-7-12-40(3)30-44)22-26-53(59)54-27-23-49(35-60(54)72)45-17-8-13-41(4)31-45/h5-37H,1-4H3. The van der Waals surface area contributed by atoms with Crippen molar-refractivity contribution in [2.24, 2.45) is 0 Å². The van der Waals surface area contributed by atoms with Crippen molar-refractivity contribution in [3.8, 4) is 67.0 Å². The smallest absolute Gasteiger partial charge is 0.308 e. The summed E-state index contributed by atoms with van der Waals surface area (Å²) in [6.07, 6.45) is -5.02. The van der Waals surface area contributed by atoms with Crippen molar-refractivity contribution < 1.29 is 22.0 Å². The molecule has 10 aromatic carbocycles. The van der Waals surface area contributed by atoms with E-state index < -0.39 is 28.9 Å². The van der Waals surface area contributed by atoms with Gasteiger partial charge >= 0.3 is 6.18 Å². The number of fused-ring (bicyclic) bond motifs is 6. The first kappa shape index (κ1) is 44.6. The average molecular weight is 949 g/mol. The van der Waals surface area contributed by atoms with Crippen molar-refractivity contribution in [2.45, 2.75) is 33.9 Å². The van der Waals surface area contributed by atoms with Gasteiger partial charge in [-0.1, -0.05) is 174 Å². The van der Waals surface area contributed by atoms with Crippen LogP contribution in [0.25, 0.3) is 111 Å². The van der Waals surface area contributed by atoms with E-state index in [1.54, 1.807) is 9.13 Å². The summed E-state index contributed by atoms with van der Waals surface area (Å²) < 4.78 is 87.7. The van der Waals surface area contributed by atoms with Crippen molar-refractivity contribution in [2.75, 3.05) is 0 Å². The third-order valence-electron chi connectivity index (χ3n) is 14.1. The molecule has 12 aromatic rings. The molecule has 0 aliphatic carbocycles. The second-order valence-corrected chi connectivity index (χ2v) is 19.1. The van der Waals surface area contributed by atoms with E-state index in [0.29, 0.717) is 22.1 Å². The van der Waals surface area contributed by atoms with Gasteiger partial charge in [0.05, 0.1) is 39.0 Å².